The third-order valence-electron chi connectivity index (χ3n) is 2.72. The van der Waals surface area contributed by atoms with Crippen LogP contribution in [0, 0.1) is 17.0 Å². The largest absolute Gasteiger partial charge is 0.399 e. The van der Waals surface area contributed by atoms with Gasteiger partial charge in [-0.25, -0.2) is 0 Å². The van der Waals surface area contributed by atoms with Crippen molar-refractivity contribution in [1.82, 2.24) is 9.78 Å². The number of nitro groups is 1. The molecule has 0 aliphatic rings. The molecule has 0 radical (unpaired) electrons. The lowest BCUT2D eigenvalue weighted by atomic mass is 10.1. The summed E-state index contributed by atoms with van der Waals surface area (Å²) < 4.78 is 1.54. The van der Waals surface area contributed by atoms with Crippen LogP contribution >= 0.6 is 0 Å². The molecule has 0 aliphatic carbocycles. The molecule has 8 nitrogen and oxygen atoms in total. The number of benzene rings is 1. The van der Waals surface area contributed by atoms with Gasteiger partial charge in [0.1, 0.15) is 5.56 Å². The van der Waals surface area contributed by atoms with Gasteiger partial charge in [-0.2, -0.15) is 5.10 Å². The molecule has 0 atom stereocenters. The highest BCUT2D eigenvalue weighted by Crippen LogP contribution is 2.23. The van der Waals surface area contributed by atoms with Gasteiger partial charge in [0, 0.05) is 25.0 Å². The van der Waals surface area contributed by atoms with Crippen LogP contribution in [0.15, 0.2) is 24.4 Å². The van der Waals surface area contributed by atoms with Crippen molar-refractivity contribution < 1.29 is 9.72 Å². The van der Waals surface area contributed by atoms with Gasteiger partial charge in [0.05, 0.1) is 16.3 Å². The number of aryl methyl sites for hydroxylation is 2. The van der Waals surface area contributed by atoms with E-state index in [9.17, 15) is 14.9 Å². The number of hydrogen-bond acceptors (Lipinski definition) is 5. The first-order valence-electron chi connectivity index (χ1n) is 5.74. The molecule has 0 fully saturated rings. The van der Waals surface area contributed by atoms with Crippen molar-refractivity contribution in [2.75, 3.05) is 11.1 Å². The first-order valence-corrected chi connectivity index (χ1v) is 5.74. The molecule has 8 heteroatoms. The molecule has 0 aliphatic heterocycles. The summed E-state index contributed by atoms with van der Waals surface area (Å²) in [6.45, 7) is 1.73. The molecule has 0 bridgehead atoms. The lowest BCUT2D eigenvalue weighted by Gasteiger charge is -2.05. The number of anilines is 2. The minimum absolute atomic E-state index is 0.0850. The Morgan fingerprint density at radius 2 is 2.20 bits per heavy atom. The molecule has 3 N–H and O–H groups in total. The zero-order valence-electron chi connectivity index (χ0n) is 11.0. The van der Waals surface area contributed by atoms with Crippen LogP contribution in [0.5, 0.6) is 0 Å². The van der Waals surface area contributed by atoms with Crippen LogP contribution in [0.25, 0.3) is 0 Å². The van der Waals surface area contributed by atoms with Gasteiger partial charge in [0.15, 0.2) is 0 Å². The van der Waals surface area contributed by atoms with E-state index in [1.165, 1.54) is 18.2 Å². The number of aromatic nitrogens is 2. The van der Waals surface area contributed by atoms with Crippen molar-refractivity contribution in [3.63, 3.8) is 0 Å². The van der Waals surface area contributed by atoms with Crippen LogP contribution in [0.1, 0.15) is 16.1 Å². The highest BCUT2D eigenvalue weighted by Gasteiger charge is 2.21. The average molecular weight is 275 g/mol. The standard InChI is InChI=1S/C12H13N5O3/c1-7-10(6-16(2)15-7)14-12(18)9-5-8(13)3-4-11(9)17(19)20/h3-6H,13H2,1-2H3,(H,14,18). The molecular formula is C12H13N5O3. The van der Waals surface area contributed by atoms with Crippen LogP contribution in [0.3, 0.4) is 0 Å². The van der Waals surface area contributed by atoms with E-state index in [1.54, 1.807) is 24.9 Å². The van der Waals surface area contributed by atoms with E-state index in [1.807, 2.05) is 0 Å². The Morgan fingerprint density at radius 3 is 2.75 bits per heavy atom. The Balaban J connectivity index is 2.36. The van der Waals surface area contributed by atoms with Crippen molar-refractivity contribution in [2.24, 2.45) is 7.05 Å². The second kappa shape index (κ2) is 5.00. The number of carbonyl (C=O) groups excluding carboxylic acids is 1. The normalized spacial score (nSPS) is 10.3. The highest BCUT2D eigenvalue weighted by atomic mass is 16.6. The van der Waals surface area contributed by atoms with Crippen molar-refractivity contribution in [2.45, 2.75) is 6.92 Å². The Hall–Kier alpha value is -2.90. The van der Waals surface area contributed by atoms with Gasteiger partial charge < -0.3 is 11.1 Å². The smallest absolute Gasteiger partial charge is 0.282 e. The highest BCUT2D eigenvalue weighted by molar-refractivity contribution is 6.07. The number of nitrogens with two attached hydrogens (primary N) is 1. The lowest BCUT2D eigenvalue weighted by molar-refractivity contribution is -0.385. The van der Waals surface area contributed by atoms with Crippen molar-refractivity contribution >= 4 is 23.0 Å². The van der Waals surface area contributed by atoms with Gasteiger partial charge in [-0.1, -0.05) is 0 Å². The van der Waals surface area contributed by atoms with Crippen molar-refractivity contribution in [3.05, 3.63) is 45.8 Å². The molecule has 1 aromatic heterocycles. The maximum atomic E-state index is 12.1. The fraction of sp³-hybridized carbons (Fsp3) is 0.167. The summed E-state index contributed by atoms with van der Waals surface area (Å²) in [7, 11) is 1.71. The third-order valence-corrected chi connectivity index (χ3v) is 2.72. The molecule has 0 saturated heterocycles. The number of rotatable bonds is 3. The van der Waals surface area contributed by atoms with Gasteiger partial charge >= 0.3 is 0 Å². The molecule has 2 rings (SSSR count). The quantitative estimate of drug-likeness (QED) is 0.500. The number of nitrogen functional groups attached to an aromatic ring is 1. The Kier molecular flexibility index (Phi) is 3.38. The zero-order valence-corrected chi connectivity index (χ0v) is 11.0. The fourth-order valence-corrected chi connectivity index (χ4v) is 1.81. The Bertz CT molecular complexity index is 692. The lowest BCUT2D eigenvalue weighted by Crippen LogP contribution is -2.14. The molecule has 2 aromatic rings. The minimum atomic E-state index is -0.621. The summed E-state index contributed by atoms with van der Waals surface area (Å²) in [5.74, 6) is -0.597. The molecule has 1 amide bonds. The molecule has 104 valence electrons. The summed E-state index contributed by atoms with van der Waals surface area (Å²) in [5, 5.41) is 17.6. The Morgan fingerprint density at radius 1 is 1.50 bits per heavy atom. The number of carbonyl (C=O) groups is 1. The molecule has 0 spiro atoms. The van der Waals surface area contributed by atoms with Crippen LogP contribution in [0.2, 0.25) is 0 Å². The Labute approximate surface area is 114 Å². The maximum Gasteiger partial charge on any atom is 0.282 e. The number of nitrogens with zero attached hydrogens (tertiary/aromatic N) is 3. The van der Waals surface area contributed by atoms with E-state index in [-0.39, 0.29) is 16.9 Å². The molecule has 1 aromatic carbocycles. The molecule has 1 heterocycles. The summed E-state index contributed by atoms with van der Waals surface area (Å²) in [4.78, 5) is 22.5. The fourth-order valence-electron chi connectivity index (χ4n) is 1.81. The van der Waals surface area contributed by atoms with Crippen molar-refractivity contribution in [3.8, 4) is 0 Å². The van der Waals surface area contributed by atoms with E-state index in [2.05, 4.69) is 10.4 Å². The average Bonchev–Trinajstić information content (AvgIpc) is 2.67. The zero-order chi connectivity index (χ0) is 14.9. The first-order chi connectivity index (χ1) is 9.38. The topological polar surface area (TPSA) is 116 Å². The van der Waals surface area contributed by atoms with Crippen LogP contribution in [0.4, 0.5) is 17.1 Å². The predicted octanol–water partition coefficient (Wildman–Crippen LogP) is 1.47. The second-order valence-electron chi connectivity index (χ2n) is 4.29. The molecular weight excluding hydrogens is 262 g/mol. The van der Waals surface area contributed by atoms with Crippen LogP contribution in [-0.4, -0.2) is 20.6 Å². The number of nitrogens with one attached hydrogen (secondary N) is 1. The number of hydrogen-bond donors (Lipinski definition) is 2. The van der Waals surface area contributed by atoms with Crippen molar-refractivity contribution in [1.29, 1.82) is 0 Å². The van der Waals surface area contributed by atoms with Crippen LogP contribution in [-0.2, 0) is 7.05 Å². The summed E-state index contributed by atoms with van der Waals surface area (Å²) in [6, 6.07) is 3.86. The van der Waals surface area contributed by atoms with Gasteiger partial charge in [0.25, 0.3) is 11.6 Å². The number of nitro benzene ring substituents is 1. The van der Waals surface area contributed by atoms with Crippen LogP contribution < -0.4 is 11.1 Å². The summed E-state index contributed by atoms with van der Waals surface area (Å²) in [6.07, 6.45) is 1.62. The van der Waals surface area contributed by atoms with Gasteiger partial charge in [-0.3, -0.25) is 19.6 Å². The molecule has 0 unspecified atom stereocenters. The van der Waals surface area contributed by atoms with E-state index in [0.717, 1.165) is 0 Å². The molecule has 0 saturated carbocycles. The number of amides is 1. The van der Waals surface area contributed by atoms with Gasteiger partial charge in [-0.05, 0) is 19.1 Å². The summed E-state index contributed by atoms with van der Waals surface area (Å²) >= 11 is 0. The van der Waals surface area contributed by atoms with Gasteiger partial charge in [0.2, 0.25) is 0 Å². The van der Waals surface area contributed by atoms with E-state index >= 15 is 0 Å². The van der Waals surface area contributed by atoms with Gasteiger partial charge in [-0.15, -0.1) is 0 Å². The second-order valence-corrected chi connectivity index (χ2v) is 4.29. The van der Waals surface area contributed by atoms with E-state index < -0.39 is 10.8 Å². The first kappa shape index (κ1) is 13.5. The third kappa shape index (κ3) is 2.58. The maximum absolute atomic E-state index is 12.1. The van der Waals surface area contributed by atoms with E-state index in [4.69, 9.17) is 5.73 Å². The molecule has 20 heavy (non-hydrogen) atoms. The monoisotopic (exact) mass is 275 g/mol. The predicted molar refractivity (Wildman–Crippen MR) is 73.4 cm³/mol. The minimum Gasteiger partial charge on any atom is -0.399 e. The summed E-state index contributed by atoms with van der Waals surface area (Å²) in [5.41, 5.74) is 6.59. The SMILES string of the molecule is Cc1nn(C)cc1NC(=O)c1cc(N)ccc1[N+](=O)[O-]. The van der Waals surface area contributed by atoms with E-state index in [0.29, 0.717) is 11.4 Å².